The van der Waals surface area contributed by atoms with Crippen molar-refractivity contribution >= 4 is 16.1 Å². The van der Waals surface area contributed by atoms with Gasteiger partial charge >= 0.3 is 18.2 Å². The lowest BCUT2D eigenvalue weighted by Gasteiger charge is -2.32. The number of aliphatic hydroxyl groups is 1. The molecule has 2 saturated heterocycles. The van der Waals surface area contributed by atoms with Crippen molar-refractivity contribution in [2.75, 3.05) is 26.3 Å². The number of hydrogen-bond donors (Lipinski definition) is 2. The Morgan fingerprint density at radius 2 is 1.88 bits per heavy atom. The van der Waals surface area contributed by atoms with Crippen molar-refractivity contribution < 1.29 is 50.1 Å². The Morgan fingerprint density at radius 3 is 2.54 bits per heavy atom. The SMILES string of the molecule is CC(C)CN(C[C@@H](O)[C@H](CC1=CCCC=C1)NC(=O)OC1C2COC3OC[C@H]1CC32)S(=O)(=O)c1ccc(-c2cnc(C(F)(F)F)o2)cc1. The average Bonchev–Trinajstić information content (AvgIpc) is 3.76. The number of fused-ring (bicyclic) bond motifs is 1. The number of sulfonamides is 1. The summed E-state index contributed by atoms with van der Waals surface area (Å²) in [6.07, 6.45) is 2.26. The van der Waals surface area contributed by atoms with Crippen LogP contribution in [0.5, 0.6) is 0 Å². The zero-order chi connectivity index (χ0) is 34.2. The van der Waals surface area contributed by atoms with E-state index in [1.165, 1.54) is 24.3 Å². The number of carbonyl (C=O) groups excluding carboxylic acids is 1. The summed E-state index contributed by atoms with van der Waals surface area (Å²) in [5, 5.41) is 14.4. The second kappa shape index (κ2) is 13.9. The molecule has 2 aromatic rings. The van der Waals surface area contributed by atoms with Crippen LogP contribution in [-0.4, -0.2) is 79.7 Å². The Hall–Kier alpha value is -3.24. The second-order valence-corrected chi connectivity index (χ2v) is 15.2. The van der Waals surface area contributed by atoms with E-state index in [0.717, 1.165) is 35.3 Å². The highest BCUT2D eigenvalue weighted by molar-refractivity contribution is 7.89. The normalized spacial score (nSPS) is 26.5. The lowest BCUT2D eigenvalue weighted by atomic mass is 9.97. The van der Waals surface area contributed by atoms with Crippen molar-refractivity contribution in [3.8, 4) is 11.3 Å². The van der Waals surface area contributed by atoms with E-state index in [-0.39, 0.29) is 71.8 Å². The minimum absolute atomic E-state index is 0.0365. The molecule has 4 unspecified atom stereocenters. The van der Waals surface area contributed by atoms with Gasteiger partial charge in [0.2, 0.25) is 10.0 Å². The van der Waals surface area contributed by atoms with E-state index < -0.39 is 40.3 Å². The molecule has 3 fully saturated rings. The summed E-state index contributed by atoms with van der Waals surface area (Å²) >= 11 is 0. The molecule has 262 valence electrons. The molecule has 15 heteroatoms. The van der Waals surface area contributed by atoms with Crippen LogP contribution in [0.3, 0.4) is 0 Å². The van der Waals surface area contributed by atoms with Crippen molar-refractivity contribution in [2.24, 2.45) is 23.7 Å². The van der Waals surface area contributed by atoms with Gasteiger partial charge in [0.15, 0.2) is 12.1 Å². The van der Waals surface area contributed by atoms with Crippen LogP contribution in [0.4, 0.5) is 18.0 Å². The molecule has 1 saturated carbocycles. The number of benzene rings is 1. The number of aliphatic hydroxyl groups excluding tert-OH is 1. The van der Waals surface area contributed by atoms with Crippen LogP contribution in [0.2, 0.25) is 0 Å². The third kappa shape index (κ3) is 7.49. The maximum Gasteiger partial charge on any atom is 0.468 e. The molecule has 7 atom stereocenters. The number of ether oxygens (including phenoxy) is 3. The lowest BCUT2D eigenvalue weighted by Crippen LogP contribution is -2.51. The first-order valence-corrected chi connectivity index (χ1v) is 17.6. The van der Waals surface area contributed by atoms with Crippen LogP contribution in [0, 0.1) is 23.7 Å². The number of allylic oxidation sites excluding steroid dienone is 3. The van der Waals surface area contributed by atoms with Crippen molar-refractivity contribution in [1.82, 2.24) is 14.6 Å². The van der Waals surface area contributed by atoms with Crippen molar-refractivity contribution in [3.05, 3.63) is 60.2 Å². The zero-order valence-electron chi connectivity index (χ0n) is 26.6. The van der Waals surface area contributed by atoms with Gasteiger partial charge in [0.1, 0.15) is 6.10 Å². The molecule has 48 heavy (non-hydrogen) atoms. The second-order valence-electron chi connectivity index (χ2n) is 13.3. The van der Waals surface area contributed by atoms with E-state index in [4.69, 9.17) is 18.6 Å². The summed E-state index contributed by atoms with van der Waals surface area (Å²) in [7, 11) is -4.19. The minimum atomic E-state index is -4.76. The van der Waals surface area contributed by atoms with Crippen molar-refractivity contribution in [3.63, 3.8) is 0 Å². The summed E-state index contributed by atoms with van der Waals surface area (Å²) in [4.78, 5) is 16.5. The fourth-order valence-electron chi connectivity index (χ4n) is 7.01. The number of nitrogens with zero attached hydrogens (tertiary/aromatic N) is 2. The van der Waals surface area contributed by atoms with Crippen LogP contribution < -0.4 is 5.32 Å². The number of hydrogen-bond acceptors (Lipinski definition) is 9. The first-order chi connectivity index (χ1) is 22.8. The van der Waals surface area contributed by atoms with E-state index in [9.17, 15) is 31.5 Å². The van der Waals surface area contributed by atoms with Crippen LogP contribution >= 0.6 is 0 Å². The van der Waals surface area contributed by atoms with Crippen LogP contribution in [-0.2, 0) is 30.4 Å². The van der Waals surface area contributed by atoms with E-state index in [2.05, 4.69) is 10.3 Å². The van der Waals surface area contributed by atoms with Gasteiger partial charge in [-0.25, -0.2) is 18.2 Å². The van der Waals surface area contributed by atoms with Gasteiger partial charge in [0.25, 0.3) is 0 Å². The van der Waals surface area contributed by atoms with E-state index in [1.807, 2.05) is 32.1 Å². The molecule has 11 nitrogen and oxygen atoms in total. The topological polar surface area (TPSA) is 140 Å². The highest BCUT2D eigenvalue weighted by Gasteiger charge is 2.56. The number of aromatic nitrogens is 1. The number of carbonyl (C=O) groups is 1. The third-order valence-electron chi connectivity index (χ3n) is 9.31. The number of halogens is 3. The minimum Gasteiger partial charge on any atom is -0.445 e. The maximum absolute atomic E-state index is 13.9. The molecule has 0 radical (unpaired) electrons. The number of rotatable bonds is 12. The lowest BCUT2D eigenvalue weighted by molar-refractivity contribution is -0.169. The predicted molar refractivity (Wildman–Crippen MR) is 166 cm³/mol. The predicted octanol–water partition coefficient (Wildman–Crippen LogP) is 5.14. The van der Waals surface area contributed by atoms with E-state index >= 15 is 0 Å². The average molecular weight is 696 g/mol. The summed E-state index contributed by atoms with van der Waals surface area (Å²) in [6, 6.07) is 4.33. The molecule has 2 aliphatic carbocycles. The first-order valence-electron chi connectivity index (χ1n) is 16.2. The highest BCUT2D eigenvalue weighted by atomic mass is 32.2. The molecule has 2 N–H and O–H groups in total. The summed E-state index contributed by atoms with van der Waals surface area (Å²) in [5.41, 5.74) is 1.11. The van der Waals surface area contributed by atoms with Gasteiger partial charge in [0, 0.05) is 36.4 Å². The highest BCUT2D eigenvalue weighted by Crippen LogP contribution is 2.49. The largest absolute Gasteiger partial charge is 0.468 e. The van der Waals surface area contributed by atoms with Gasteiger partial charge in [-0.1, -0.05) is 37.6 Å². The van der Waals surface area contributed by atoms with Gasteiger partial charge in [-0.05, 0) is 55.9 Å². The van der Waals surface area contributed by atoms with Gasteiger partial charge in [-0.3, -0.25) is 0 Å². The number of oxazole rings is 1. The Balaban J connectivity index is 1.18. The molecule has 1 amide bonds. The Bertz CT molecular complexity index is 1620. The van der Waals surface area contributed by atoms with E-state index in [1.54, 1.807) is 0 Å². The maximum atomic E-state index is 13.9. The van der Waals surface area contributed by atoms with Gasteiger partial charge < -0.3 is 29.1 Å². The molecule has 2 bridgehead atoms. The van der Waals surface area contributed by atoms with Crippen molar-refractivity contribution in [2.45, 2.75) is 75.1 Å². The molecule has 1 aromatic carbocycles. The van der Waals surface area contributed by atoms with Crippen LogP contribution in [0.1, 0.15) is 45.4 Å². The number of amides is 1. The van der Waals surface area contributed by atoms with Gasteiger partial charge in [-0.15, -0.1) is 0 Å². The Kier molecular flexibility index (Phi) is 10.1. The molecule has 2 aliphatic heterocycles. The molecule has 1 aromatic heterocycles. The quantitative estimate of drug-likeness (QED) is 0.309. The smallest absolute Gasteiger partial charge is 0.445 e. The number of alkyl halides is 3. The molecular formula is C33H40F3N3O8S. The summed E-state index contributed by atoms with van der Waals surface area (Å²) in [6.45, 7) is 4.29. The van der Waals surface area contributed by atoms with Crippen molar-refractivity contribution in [1.29, 1.82) is 0 Å². The van der Waals surface area contributed by atoms with E-state index in [0.29, 0.717) is 13.2 Å². The fraction of sp³-hybridized carbons (Fsp3) is 0.576. The van der Waals surface area contributed by atoms with Gasteiger partial charge in [0.05, 0.1) is 36.5 Å². The Morgan fingerprint density at radius 1 is 1.12 bits per heavy atom. The van der Waals surface area contributed by atoms with Crippen LogP contribution in [0.15, 0.2) is 63.6 Å². The standard InChI is InChI=1S/C33H40F3N3O8S/c1-19(2)15-39(48(42,43)23-10-8-21(9-11-23)28-14-37-31(46-28)33(34,35)36)16-27(40)26(12-20-6-4-3-5-7-20)38-32(41)47-29-22-13-24-25(29)18-45-30(24)44-17-22/h4,6-11,14,19,22,24-27,29-30,40H,3,5,12-13,15-18H2,1-2H3,(H,38,41)/t22-,24?,25?,26+,27-,29?,30?/m1/s1. The molecular weight excluding hydrogens is 655 g/mol. The first kappa shape index (κ1) is 34.6. The van der Waals surface area contributed by atoms with Gasteiger partial charge in [-0.2, -0.15) is 17.5 Å². The number of alkyl carbamates (subject to hydrolysis) is 1. The zero-order valence-corrected chi connectivity index (χ0v) is 27.5. The molecule has 4 aliphatic rings. The third-order valence-corrected chi connectivity index (χ3v) is 11.2. The monoisotopic (exact) mass is 695 g/mol. The molecule has 3 heterocycles. The molecule has 6 rings (SSSR count). The number of nitrogens with one attached hydrogen (secondary N) is 1. The Labute approximate surface area is 277 Å². The summed E-state index contributed by atoms with van der Waals surface area (Å²) < 4.78 is 90.1. The van der Waals surface area contributed by atoms with Crippen LogP contribution in [0.25, 0.3) is 11.3 Å². The fourth-order valence-corrected chi connectivity index (χ4v) is 8.63. The summed E-state index contributed by atoms with van der Waals surface area (Å²) in [5.74, 6) is -1.41. The molecule has 0 spiro atoms.